The Morgan fingerprint density at radius 2 is 1.56 bits per heavy atom. The van der Waals surface area contributed by atoms with Gasteiger partial charge in [-0.25, -0.2) is 18.0 Å². The first-order valence-corrected chi connectivity index (χ1v) is 4.08. The van der Waals surface area contributed by atoms with Gasteiger partial charge in [-0.05, 0) is 6.07 Å². The molecule has 0 heterocycles. The normalized spacial score (nSPS) is 14.6. The highest BCUT2D eigenvalue weighted by molar-refractivity contribution is 5.73. The molecule has 0 spiro atoms. The van der Waals surface area contributed by atoms with Crippen molar-refractivity contribution in [3.63, 3.8) is 0 Å². The van der Waals surface area contributed by atoms with Crippen molar-refractivity contribution >= 4 is 5.97 Å². The van der Waals surface area contributed by atoms with Crippen molar-refractivity contribution in [2.75, 3.05) is 0 Å². The quantitative estimate of drug-likeness (QED) is 0.671. The van der Waals surface area contributed by atoms with Crippen LogP contribution in [0.5, 0.6) is 0 Å². The van der Waals surface area contributed by atoms with Crippen molar-refractivity contribution in [1.29, 1.82) is 0 Å². The lowest BCUT2D eigenvalue weighted by atomic mass is 10.0. The summed E-state index contributed by atoms with van der Waals surface area (Å²) in [6.45, 7) is 0. The van der Waals surface area contributed by atoms with E-state index in [4.69, 9.17) is 10.2 Å². The molecule has 0 aromatic heterocycles. The second-order valence-corrected chi connectivity index (χ2v) is 3.02. The van der Waals surface area contributed by atoms with Gasteiger partial charge in [-0.2, -0.15) is 0 Å². The van der Waals surface area contributed by atoms with E-state index in [1.54, 1.807) is 0 Å². The van der Waals surface area contributed by atoms with Crippen LogP contribution in [0.25, 0.3) is 0 Å². The van der Waals surface area contributed by atoms with E-state index in [9.17, 15) is 23.1 Å². The van der Waals surface area contributed by atoms with Gasteiger partial charge in [-0.1, -0.05) is 0 Å². The molecule has 0 aliphatic heterocycles. The van der Waals surface area contributed by atoms with Gasteiger partial charge in [0.1, 0.15) is 11.9 Å². The summed E-state index contributed by atoms with van der Waals surface area (Å²) in [7, 11) is 0. The smallest absolute Gasteiger partial charge is 0.335 e. The van der Waals surface area contributed by atoms with Gasteiger partial charge in [0.15, 0.2) is 17.7 Å². The number of hydrogen-bond acceptors (Lipinski definition) is 3. The molecule has 88 valence electrons. The summed E-state index contributed by atoms with van der Waals surface area (Å²) in [5.41, 5.74) is -0.825. The lowest BCUT2D eigenvalue weighted by Crippen LogP contribution is -2.28. The molecule has 0 aliphatic carbocycles. The fourth-order valence-corrected chi connectivity index (χ4v) is 1.07. The van der Waals surface area contributed by atoms with Gasteiger partial charge in [0.05, 0.1) is 0 Å². The summed E-state index contributed by atoms with van der Waals surface area (Å²) in [5, 5.41) is 26.4. The van der Waals surface area contributed by atoms with E-state index in [2.05, 4.69) is 0 Å². The monoisotopic (exact) mass is 236 g/mol. The number of halogens is 3. The Balaban J connectivity index is 3.13. The van der Waals surface area contributed by atoms with Crippen LogP contribution in [0.4, 0.5) is 13.2 Å². The second kappa shape index (κ2) is 4.50. The SMILES string of the molecule is O=C(O)C(O)C(O)c1cc(F)c(F)cc1F. The van der Waals surface area contributed by atoms with Crippen LogP contribution in [0.3, 0.4) is 0 Å². The molecule has 2 atom stereocenters. The zero-order valence-corrected chi connectivity index (χ0v) is 7.69. The van der Waals surface area contributed by atoms with E-state index in [1.165, 1.54) is 0 Å². The molecule has 4 nitrogen and oxygen atoms in total. The average Bonchev–Trinajstić information content (AvgIpc) is 2.21. The van der Waals surface area contributed by atoms with Crippen molar-refractivity contribution in [2.24, 2.45) is 0 Å². The van der Waals surface area contributed by atoms with Crippen molar-refractivity contribution in [2.45, 2.75) is 12.2 Å². The van der Waals surface area contributed by atoms with Crippen LogP contribution in [-0.4, -0.2) is 27.4 Å². The molecular weight excluding hydrogens is 229 g/mol. The fraction of sp³-hybridized carbons (Fsp3) is 0.222. The van der Waals surface area contributed by atoms with Crippen LogP contribution in [0.15, 0.2) is 12.1 Å². The van der Waals surface area contributed by atoms with E-state index in [0.717, 1.165) is 0 Å². The van der Waals surface area contributed by atoms with Crippen molar-refractivity contribution in [1.82, 2.24) is 0 Å². The van der Waals surface area contributed by atoms with Crippen LogP contribution in [0.1, 0.15) is 11.7 Å². The zero-order chi connectivity index (χ0) is 12.5. The summed E-state index contributed by atoms with van der Waals surface area (Å²) in [5.74, 6) is -6.07. The van der Waals surface area contributed by atoms with Gasteiger partial charge in [0.2, 0.25) is 0 Å². The van der Waals surface area contributed by atoms with E-state index in [1.807, 2.05) is 0 Å². The molecule has 3 N–H and O–H groups in total. The minimum Gasteiger partial charge on any atom is -0.479 e. The molecule has 0 bridgehead atoms. The summed E-state index contributed by atoms with van der Waals surface area (Å²) in [4.78, 5) is 10.3. The maximum absolute atomic E-state index is 13.0. The van der Waals surface area contributed by atoms with Crippen LogP contribution < -0.4 is 0 Å². The Hall–Kier alpha value is -1.60. The molecule has 1 aromatic rings. The molecule has 1 rings (SSSR count). The van der Waals surface area contributed by atoms with Gasteiger partial charge >= 0.3 is 5.97 Å². The van der Waals surface area contributed by atoms with Crippen LogP contribution in [-0.2, 0) is 4.79 Å². The molecule has 0 saturated carbocycles. The van der Waals surface area contributed by atoms with Gasteiger partial charge in [-0.15, -0.1) is 0 Å². The summed E-state index contributed by atoms with van der Waals surface area (Å²) < 4.78 is 38.2. The summed E-state index contributed by atoms with van der Waals surface area (Å²) >= 11 is 0. The number of hydrogen-bond donors (Lipinski definition) is 3. The molecule has 1 aromatic carbocycles. The predicted octanol–water partition coefficient (Wildman–Crippen LogP) is 0.583. The highest BCUT2D eigenvalue weighted by Crippen LogP contribution is 2.23. The maximum Gasteiger partial charge on any atom is 0.335 e. The largest absolute Gasteiger partial charge is 0.479 e. The number of carboxylic acids is 1. The molecule has 0 saturated heterocycles. The minimum atomic E-state index is -2.32. The third kappa shape index (κ3) is 2.31. The van der Waals surface area contributed by atoms with Crippen LogP contribution in [0.2, 0.25) is 0 Å². The van der Waals surface area contributed by atoms with Gasteiger partial charge in [0, 0.05) is 11.6 Å². The van der Waals surface area contributed by atoms with Crippen LogP contribution >= 0.6 is 0 Å². The summed E-state index contributed by atoms with van der Waals surface area (Å²) in [6.07, 6.45) is -4.49. The Morgan fingerprint density at radius 1 is 1.06 bits per heavy atom. The van der Waals surface area contributed by atoms with Crippen molar-refractivity contribution in [3.05, 3.63) is 35.1 Å². The standard InChI is InChI=1S/C9H7F3O4/c10-4-2-6(12)5(11)1-3(4)7(13)8(14)9(15)16/h1-2,7-8,13-14H,(H,15,16). The number of rotatable bonds is 3. The zero-order valence-electron chi connectivity index (χ0n) is 7.69. The average molecular weight is 236 g/mol. The Kier molecular flexibility index (Phi) is 3.51. The van der Waals surface area contributed by atoms with Crippen molar-refractivity contribution < 1.29 is 33.3 Å². The Bertz CT molecular complexity index is 421. The summed E-state index contributed by atoms with van der Waals surface area (Å²) in [6, 6.07) is 0.448. The lowest BCUT2D eigenvalue weighted by molar-refractivity contribution is -0.153. The number of carboxylic acid groups (broad SMARTS) is 1. The number of carbonyl (C=O) groups is 1. The predicted molar refractivity (Wildman–Crippen MR) is 44.9 cm³/mol. The van der Waals surface area contributed by atoms with Crippen LogP contribution in [0, 0.1) is 17.5 Å². The van der Waals surface area contributed by atoms with E-state index >= 15 is 0 Å². The number of aliphatic hydroxyl groups is 2. The first-order valence-electron chi connectivity index (χ1n) is 4.08. The Morgan fingerprint density at radius 3 is 2.06 bits per heavy atom. The number of aliphatic carboxylic acids is 1. The van der Waals surface area contributed by atoms with E-state index in [-0.39, 0.29) is 6.07 Å². The molecule has 0 radical (unpaired) electrons. The number of benzene rings is 1. The van der Waals surface area contributed by atoms with Gasteiger partial charge in [-0.3, -0.25) is 0 Å². The molecule has 0 amide bonds. The highest BCUT2D eigenvalue weighted by atomic mass is 19.2. The third-order valence-corrected chi connectivity index (χ3v) is 1.91. The fourth-order valence-electron chi connectivity index (χ4n) is 1.07. The molecule has 2 unspecified atom stereocenters. The molecule has 16 heavy (non-hydrogen) atoms. The first kappa shape index (κ1) is 12.5. The minimum absolute atomic E-state index is 0.155. The van der Waals surface area contributed by atoms with Gasteiger partial charge in [0.25, 0.3) is 0 Å². The van der Waals surface area contributed by atoms with Crippen molar-refractivity contribution in [3.8, 4) is 0 Å². The molecule has 0 aliphatic rings. The Labute approximate surface area is 87.6 Å². The topological polar surface area (TPSA) is 77.8 Å². The van der Waals surface area contributed by atoms with E-state index in [0.29, 0.717) is 6.07 Å². The lowest BCUT2D eigenvalue weighted by Gasteiger charge is -2.15. The maximum atomic E-state index is 13.0. The molecule has 7 heteroatoms. The molecule has 0 fully saturated rings. The number of aliphatic hydroxyl groups excluding tert-OH is 2. The highest BCUT2D eigenvalue weighted by Gasteiger charge is 2.28. The van der Waals surface area contributed by atoms with E-state index < -0.39 is 41.2 Å². The molecular formula is C9H7F3O4. The van der Waals surface area contributed by atoms with Gasteiger partial charge < -0.3 is 15.3 Å². The second-order valence-electron chi connectivity index (χ2n) is 3.02. The first-order chi connectivity index (χ1) is 7.34. The third-order valence-electron chi connectivity index (χ3n) is 1.91.